The van der Waals surface area contributed by atoms with Gasteiger partial charge < -0.3 is 24.1 Å². The van der Waals surface area contributed by atoms with Crippen molar-refractivity contribution in [2.45, 2.75) is 13.0 Å². The first-order chi connectivity index (χ1) is 19.1. The van der Waals surface area contributed by atoms with Crippen molar-refractivity contribution >= 4 is 28.3 Å². The fourth-order valence-electron chi connectivity index (χ4n) is 5.23. The van der Waals surface area contributed by atoms with E-state index in [9.17, 15) is 9.59 Å². The van der Waals surface area contributed by atoms with Gasteiger partial charge in [0.2, 0.25) is 6.79 Å². The van der Waals surface area contributed by atoms with Gasteiger partial charge in [-0.25, -0.2) is 0 Å². The van der Waals surface area contributed by atoms with Gasteiger partial charge in [-0.15, -0.1) is 0 Å². The Bertz CT molecular complexity index is 1750. The molecule has 0 spiro atoms. The molecule has 0 radical (unpaired) electrons. The number of hydrogen-bond acceptors (Lipinski definition) is 5. The van der Waals surface area contributed by atoms with Crippen molar-refractivity contribution in [2.75, 3.05) is 18.7 Å². The zero-order valence-corrected chi connectivity index (χ0v) is 21.0. The lowest BCUT2D eigenvalue weighted by Gasteiger charge is -2.26. The number of rotatable bonds is 4. The second-order valence-electron chi connectivity index (χ2n) is 9.67. The Kier molecular flexibility index (Phi) is 5.55. The fourth-order valence-corrected chi connectivity index (χ4v) is 5.23. The first-order valence-electron chi connectivity index (χ1n) is 12.8. The van der Waals surface area contributed by atoms with Gasteiger partial charge in [-0.05, 0) is 53.2 Å². The van der Waals surface area contributed by atoms with Gasteiger partial charge in [0.15, 0.2) is 11.5 Å². The number of anilines is 1. The maximum atomic E-state index is 13.2. The number of carbonyl (C=O) groups excluding carboxylic acids is 2. The molecule has 0 fully saturated rings. The number of amides is 2. The molecule has 39 heavy (non-hydrogen) atoms. The van der Waals surface area contributed by atoms with Crippen LogP contribution in [-0.2, 0) is 13.0 Å². The topological polar surface area (TPSA) is 81.0 Å². The highest BCUT2D eigenvalue weighted by Crippen LogP contribution is 2.34. The van der Waals surface area contributed by atoms with Crippen LogP contribution in [0.4, 0.5) is 5.69 Å². The minimum atomic E-state index is -0.166. The van der Waals surface area contributed by atoms with E-state index in [1.54, 1.807) is 18.2 Å². The molecular weight excluding hydrogens is 492 g/mol. The summed E-state index contributed by atoms with van der Waals surface area (Å²) in [5, 5.41) is 4.96. The lowest BCUT2D eigenvalue weighted by Crippen LogP contribution is -2.35. The molecule has 0 atom stereocenters. The lowest BCUT2D eigenvalue weighted by atomic mass is 10.0. The number of ether oxygens (including phenoxy) is 2. The molecule has 7 heteroatoms. The van der Waals surface area contributed by atoms with E-state index < -0.39 is 0 Å². The number of nitrogens with one attached hydrogen (secondary N) is 1. The Labute approximate surface area is 224 Å². The minimum Gasteiger partial charge on any atom is -0.461 e. The largest absolute Gasteiger partial charge is 0.461 e. The summed E-state index contributed by atoms with van der Waals surface area (Å²) < 4.78 is 17.0. The van der Waals surface area contributed by atoms with Crippen molar-refractivity contribution in [3.8, 4) is 22.8 Å². The Morgan fingerprint density at radius 2 is 1.67 bits per heavy atom. The van der Waals surface area contributed by atoms with Crippen LogP contribution in [0.1, 0.15) is 32.0 Å². The molecule has 0 saturated carbocycles. The molecular formula is C32H24N2O5. The summed E-state index contributed by atoms with van der Waals surface area (Å²) in [5.41, 5.74) is 3.71. The Balaban J connectivity index is 1.09. The first-order valence-corrected chi connectivity index (χ1v) is 12.8. The van der Waals surface area contributed by atoms with Crippen molar-refractivity contribution in [1.82, 2.24) is 4.90 Å². The zero-order valence-electron chi connectivity index (χ0n) is 21.0. The number of benzene rings is 4. The van der Waals surface area contributed by atoms with Crippen LogP contribution in [0.5, 0.6) is 11.5 Å². The van der Waals surface area contributed by atoms with Crippen molar-refractivity contribution in [3.05, 3.63) is 113 Å². The average molecular weight is 517 g/mol. The molecule has 2 aliphatic heterocycles. The number of carbonyl (C=O) groups is 2. The maximum Gasteiger partial charge on any atom is 0.256 e. The number of furan rings is 1. The summed E-state index contributed by atoms with van der Waals surface area (Å²) in [6, 6.07) is 28.4. The van der Waals surface area contributed by atoms with Crippen molar-refractivity contribution in [2.24, 2.45) is 0 Å². The monoisotopic (exact) mass is 516 g/mol. The Morgan fingerprint density at radius 3 is 2.62 bits per heavy atom. The van der Waals surface area contributed by atoms with Crippen LogP contribution in [0, 0.1) is 0 Å². The average Bonchev–Trinajstić information content (AvgIpc) is 3.63. The van der Waals surface area contributed by atoms with Crippen molar-refractivity contribution in [1.29, 1.82) is 0 Å². The van der Waals surface area contributed by atoms with Gasteiger partial charge in [0, 0.05) is 47.5 Å². The fraction of sp³-hybridized carbons (Fsp3) is 0.125. The zero-order chi connectivity index (χ0) is 26.3. The van der Waals surface area contributed by atoms with Gasteiger partial charge in [0.25, 0.3) is 11.8 Å². The minimum absolute atomic E-state index is 0.0557. The molecule has 4 aromatic carbocycles. The van der Waals surface area contributed by atoms with Crippen molar-refractivity contribution in [3.63, 3.8) is 0 Å². The molecule has 2 aliphatic rings. The van der Waals surface area contributed by atoms with E-state index in [1.165, 1.54) is 0 Å². The summed E-state index contributed by atoms with van der Waals surface area (Å²) in [5.74, 6) is 2.61. The van der Waals surface area contributed by atoms with E-state index in [-0.39, 0.29) is 18.6 Å². The van der Waals surface area contributed by atoms with Crippen LogP contribution in [-0.4, -0.2) is 30.1 Å². The molecule has 3 heterocycles. The predicted molar refractivity (Wildman–Crippen MR) is 147 cm³/mol. The van der Waals surface area contributed by atoms with Crippen LogP contribution < -0.4 is 14.8 Å². The van der Waals surface area contributed by atoms with Gasteiger partial charge in [0.05, 0.1) is 0 Å². The van der Waals surface area contributed by atoms with Crippen LogP contribution in [0.3, 0.4) is 0 Å². The molecule has 1 aromatic heterocycles. The van der Waals surface area contributed by atoms with E-state index in [0.717, 1.165) is 27.7 Å². The number of hydrogen-bond donors (Lipinski definition) is 1. The van der Waals surface area contributed by atoms with E-state index in [0.29, 0.717) is 53.6 Å². The summed E-state index contributed by atoms with van der Waals surface area (Å²) in [6.45, 7) is 1.20. The summed E-state index contributed by atoms with van der Waals surface area (Å²) >= 11 is 0. The molecule has 0 aliphatic carbocycles. The van der Waals surface area contributed by atoms with E-state index in [4.69, 9.17) is 13.9 Å². The number of nitrogens with zero attached hydrogens (tertiary/aromatic N) is 1. The normalized spacial score (nSPS) is 13.8. The van der Waals surface area contributed by atoms with Gasteiger partial charge in [0.1, 0.15) is 11.5 Å². The summed E-state index contributed by atoms with van der Waals surface area (Å²) in [7, 11) is 0. The second-order valence-corrected chi connectivity index (χ2v) is 9.67. The quantitative estimate of drug-likeness (QED) is 0.304. The van der Waals surface area contributed by atoms with E-state index in [2.05, 4.69) is 5.32 Å². The molecule has 0 bridgehead atoms. The molecule has 7 nitrogen and oxygen atoms in total. The molecule has 0 saturated heterocycles. The third-order valence-electron chi connectivity index (χ3n) is 7.21. The van der Waals surface area contributed by atoms with Gasteiger partial charge in [-0.3, -0.25) is 9.59 Å². The third-order valence-corrected chi connectivity index (χ3v) is 7.21. The first kappa shape index (κ1) is 23.1. The predicted octanol–water partition coefficient (Wildman–Crippen LogP) is 6.28. The third kappa shape index (κ3) is 4.28. The molecule has 7 rings (SSSR count). The number of fused-ring (bicyclic) bond motifs is 3. The van der Waals surface area contributed by atoms with E-state index in [1.807, 2.05) is 77.7 Å². The van der Waals surface area contributed by atoms with Crippen LogP contribution in [0.15, 0.2) is 95.4 Å². The molecule has 0 unspecified atom stereocenters. The smallest absolute Gasteiger partial charge is 0.256 e. The van der Waals surface area contributed by atoms with Gasteiger partial charge in [-0.1, -0.05) is 48.5 Å². The highest BCUT2D eigenvalue weighted by molar-refractivity contribution is 6.13. The standard InChI is InChI=1S/C32H24N2O5/c35-31(26-10-4-6-20-5-1-2-9-25(20)26)33-24-8-3-7-21(15-24)29-17-23-18-34(14-13-27(23)39-29)32(36)22-11-12-28-30(16-22)38-19-37-28/h1-12,15-17H,13-14,18-19H2,(H,33,35). The summed E-state index contributed by atoms with van der Waals surface area (Å²) in [6.07, 6.45) is 0.628. The maximum absolute atomic E-state index is 13.2. The summed E-state index contributed by atoms with van der Waals surface area (Å²) in [4.78, 5) is 28.1. The van der Waals surface area contributed by atoms with Crippen molar-refractivity contribution < 1.29 is 23.5 Å². The van der Waals surface area contributed by atoms with E-state index >= 15 is 0 Å². The second kappa shape index (κ2) is 9.36. The van der Waals surface area contributed by atoms with Gasteiger partial charge in [-0.2, -0.15) is 0 Å². The molecule has 192 valence electrons. The SMILES string of the molecule is O=C(Nc1cccc(-c2cc3c(o2)CCN(C(=O)c2ccc4c(c2)OCO4)C3)c1)c1cccc2ccccc12. The molecule has 5 aromatic rings. The molecule has 1 N–H and O–H groups in total. The van der Waals surface area contributed by atoms with Crippen LogP contribution in [0.2, 0.25) is 0 Å². The van der Waals surface area contributed by atoms with Crippen LogP contribution in [0.25, 0.3) is 22.1 Å². The lowest BCUT2D eigenvalue weighted by molar-refractivity contribution is 0.0729. The molecule has 2 amide bonds. The Hall–Kier alpha value is -5.04. The van der Waals surface area contributed by atoms with Crippen LogP contribution >= 0.6 is 0 Å². The highest BCUT2D eigenvalue weighted by atomic mass is 16.7. The Morgan fingerprint density at radius 1 is 0.821 bits per heavy atom. The van der Waals surface area contributed by atoms with Gasteiger partial charge >= 0.3 is 0 Å². The highest BCUT2D eigenvalue weighted by Gasteiger charge is 2.26.